The SMILES string of the molecule is CNc1ccc2nc(C)n3c4ccc(OC)cc4c(=O)c1c23. The van der Waals surface area contributed by atoms with Gasteiger partial charge in [-0.15, -0.1) is 0 Å². The summed E-state index contributed by atoms with van der Waals surface area (Å²) in [7, 11) is 3.42. The summed E-state index contributed by atoms with van der Waals surface area (Å²) >= 11 is 0. The third kappa shape index (κ3) is 1.48. The van der Waals surface area contributed by atoms with Gasteiger partial charge < -0.3 is 10.1 Å². The van der Waals surface area contributed by atoms with Crippen LogP contribution in [0.25, 0.3) is 27.3 Å². The van der Waals surface area contributed by atoms with Gasteiger partial charge in [-0.1, -0.05) is 0 Å². The molecule has 0 atom stereocenters. The van der Waals surface area contributed by atoms with Crippen LogP contribution in [-0.4, -0.2) is 23.5 Å². The zero-order valence-corrected chi connectivity index (χ0v) is 12.6. The third-order valence-electron chi connectivity index (χ3n) is 4.17. The maximum absolute atomic E-state index is 13.0. The molecule has 0 unspecified atom stereocenters. The van der Waals surface area contributed by atoms with Gasteiger partial charge in [-0.05, 0) is 37.3 Å². The number of hydrogen-bond acceptors (Lipinski definition) is 4. The molecule has 0 aliphatic rings. The predicted octanol–water partition coefficient (Wildman–Crippen LogP) is 2.80. The van der Waals surface area contributed by atoms with Gasteiger partial charge in [-0.25, -0.2) is 4.98 Å². The number of nitrogens with one attached hydrogen (secondary N) is 1. The highest BCUT2D eigenvalue weighted by Crippen LogP contribution is 2.30. The molecule has 4 aromatic rings. The second kappa shape index (κ2) is 4.34. The lowest BCUT2D eigenvalue weighted by atomic mass is 10.1. The number of pyridine rings is 1. The fourth-order valence-corrected chi connectivity index (χ4v) is 3.17. The van der Waals surface area contributed by atoms with E-state index in [0.717, 1.165) is 28.1 Å². The monoisotopic (exact) mass is 293 g/mol. The topological polar surface area (TPSA) is 55.6 Å². The summed E-state index contributed by atoms with van der Waals surface area (Å²) < 4.78 is 7.31. The third-order valence-corrected chi connectivity index (χ3v) is 4.17. The molecule has 5 heteroatoms. The van der Waals surface area contributed by atoms with Gasteiger partial charge in [0.05, 0.1) is 34.4 Å². The highest BCUT2D eigenvalue weighted by Gasteiger charge is 2.18. The van der Waals surface area contributed by atoms with Crippen LogP contribution >= 0.6 is 0 Å². The Bertz CT molecular complexity index is 1080. The van der Waals surface area contributed by atoms with Crippen LogP contribution in [0.5, 0.6) is 5.75 Å². The predicted molar refractivity (Wildman–Crippen MR) is 88.5 cm³/mol. The van der Waals surface area contributed by atoms with E-state index in [-0.39, 0.29) is 5.43 Å². The van der Waals surface area contributed by atoms with Crippen molar-refractivity contribution in [3.05, 3.63) is 46.4 Å². The van der Waals surface area contributed by atoms with Crippen molar-refractivity contribution in [1.82, 2.24) is 9.38 Å². The van der Waals surface area contributed by atoms with E-state index in [1.165, 1.54) is 0 Å². The minimum atomic E-state index is -0.00347. The first-order valence-corrected chi connectivity index (χ1v) is 7.08. The van der Waals surface area contributed by atoms with Crippen LogP contribution in [0, 0.1) is 6.92 Å². The minimum absolute atomic E-state index is 0.00347. The van der Waals surface area contributed by atoms with Crippen LogP contribution in [0.3, 0.4) is 0 Å². The fourth-order valence-electron chi connectivity index (χ4n) is 3.17. The molecule has 2 aromatic carbocycles. The minimum Gasteiger partial charge on any atom is -0.497 e. The van der Waals surface area contributed by atoms with Gasteiger partial charge in [0.2, 0.25) is 0 Å². The second-order valence-corrected chi connectivity index (χ2v) is 5.31. The molecular formula is C17H15N3O2. The molecule has 0 saturated heterocycles. The number of rotatable bonds is 2. The van der Waals surface area contributed by atoms with Crippen molar-refractivity contribution >= 4 is 33.0 Å². The average Bonchev–Trinajstić information content (AvgIpc) is 2.88. The molecule has 22 heavy (non-hydrogen) atoms. The smallest absolute Gasteiger partial charge is 0.199 e. The van der Waals surface area contributed by atoms with Gasteiger partial charge in [0.25, 0.3) is 0 Å². The van der Waals surface area contributed by atoms with Gasteiger partial charge in [-0.2, -0.15) is 0 Å². The Hall–Kier alpha value is -2.82. The lowest BCUT2D eigenvalue weighted by Gasteiger charge is -2.10. The van der Waals surface area contributed by atoms with Crippen LogP contribution in [0.2, 0.25) is 0 Å². The van der Waals surface area contributed by atoms with Crippen LogP contribution in [0.1, 0.15) is 5.82 Å². The summed E-state index contributed by atoms with van der Waals surface area (Å²) in [5, 5.41) is 4.41. The number of aromatic nitrogens is 2. The molecule has 4 rings (SSSR count). The number of aryl methyl sites for hydroxylation is 1. The van der Waals surface area contributed by atoms with E-state index in [4.69, 9.17) is 4.74 Å². The molecule has 0 fully saturated rings. The fraction of sp³-hybridized carbons (Fsp3) is 0.176. The van der Waals surface area contributed by atoms with Crippen molar-refractivity contribution < 1.29 is 4.74 Å². The Balaban J connectivity index is 2.38. The van der Waals surface area contributed by atoms with E-state index >= 15 is 0 Å². The second-order valence-electron chi connectivity index (χ2n) is 5.31. The number of benzene rings is 2. The van der Waals surface area contributed by atoms with Gasteiger partial charge >= 0.3 is 0 Å². The van der Waals surface area contributed by atoms with E-state index in [9.17, 15) is 4.79 Å². The van der Waals surface area contributed by atoms with E-state index in [1.54, 1.807) is 13.2 Å². The first-order valence-electron chi connectivity index (χ1n) is 7.08. The Morgan fingerprint density at radius 1 is 1.23 bits per heavy atom. The van der Waals surface area contributed by atoms with Crippen LogP contribution < -0.4 is 15.5 Å². The van der Waals surface area contributed by atoms with Crippen LogP contribution in [-0.2, 0) is 0 Å². The highest BCUT2D eigenvalue weighted by molar-refractivity contribution is 6.07. The van der Waals surface area contributed by atoms with E-state index in [2.05, 4.69) is 10.3 Å². The van der Waals surface area contributed by atoms with Crippen molar-refractivity contribution in [1.29, 1.82) is 0 Å². The number of hydrogen-bond donors (Lipinski definition) is 1. The number of ether oxygens (including phenoxy) is 1. The zero-order valence-electron chi connectivity index (χ0n) is 12.6. The van der Waals surface area contributed by atoms with Crippen molar-refractivity contribution in [3.8, 4) is 5.75 Å². The Labute approximate surface area is 126 Å². The lowest BCUT2D eigenvalue weighted by molar-refractivity contribution is 0.415. The van der Waals surface area contributed by atoms with E-state index < -0.39 is 0 Å². The van der Waals surface area contributed by atoms with Crippen molar-refractivity contribution in [2.75, 3.05) is 19.5 Å². The quantitative estimate of drug-likeness (QED) is 0.577. The number of anilines is 1. The largest absolute Gasteiger partial charge is 0.497 e. The molecule has 0 bridgehead atoms. The number of fused-ring (bicyclic) bond motifs is 2. The summed E-state index contributed by atoms with van der Waals surface area (Å²) in [6.07, 6.45) is 0. The summed E-state index contributed by atoms with van der Waals surface area (Å²) in [5.74, 6) is 1.54. The molecule has 0 aliphatic carbocycles. The molecular weight excluding hydrogens is 278 g/mol. The molecule has 1 N–H and O–H groups in total. The Morgan fingerprint density at radius 3 is 2.77 bits per heavy atom. The van der Waals surface area contributed by atoms with Gasteiger partial charge in [0.15, 0.2) is 5.43 Å². The average molecular weight is 293 g/mol. The molecule has 0 radical (unpaired) electrons. The van der Waals surface area contributed by atoms with Crippen LogP contribution in [0.15, 0.2) is 35.1 Å². The van der Waals surface area contributed by atoms with Crippen LogP contribution in [0.4, 0.5) is 5.69 Å². The number of imidazole rings is 1. The summed E-state index contributed by atoms with van der Waals surface area (Å²) in [6, 6.07) is 9.41. The van der Waals surface area contributed by atoms with E-state index in [0.29, 0.717) is 16.5 Å². The molecule has 2 aromatic heterocycles. The van der Waals surface area contributed by atoms with Gasteiger partial charge in [0, 0.05) is 12.7 Å². The molecule has 110 valence electrons. The van der Waals surface area contributed by atoms with Gasteiger partial charge in [0.1, 0.15) is 11.6 Å². The lowest BCUT2D eigenvalue weighted by Crippen LogP contribution is -2.09. The Kier molecular flexibility index (Phi) is 2.54. The Morgan fingerprint density at radius 2 is 2.05 bits per heavy atom. The first kappa shape index (κ1) is 12.9. The molecule has 2 heterocycles. The maximum Gasteiger partial charge on any atom is 0.199 e. The summed E-state index contributed by atoms with van der Waals surface area (Å²) in [6.45, 7) is 1.95. The first-order chi connectivity index (χ1) is 10.7. The summed E-state index contributed by atoms with van der Waals surface area (Å²) in [4.78, 5) is 17.6. The summed E-state index contributed by atoms with van der Waals surface area (Å²) in [5.41, 5.74) is 3.36. The molecule has 5 nitrogen and oxygen atoms in total. The van der Waals surface area contributed by atoms with Crippen molar-refractivity contribution in [2.24, 2.45) is 0 Å². The normalized spacial score (nSPS) is 11.6. The van der Waals surface area contributed by atoms with Gasteiger partial charge in [-0.3, -0.25) is 9.20 Å². The molecule has 0 aliphatic heterocycles. The highest BCUT2D eigenvalue weighted by atomic mass is 16.5. The standard InChI is InChI=1S/C17H15N3O2/c1-9-19-13-6-5-12(18-2)15-16(13)20(9)14-7-4-10(22-3)8-11(14)17(15)21/h4-8,18H,1-3H3. The molecule has 0 saturated carbocycles. The molecule has 0 spiro atoms. The zero-order chi connectivity index (χ0) is 15.4. The number of nitrogens with zero attached hydrogens (tertiary/aromatic N) is 2. The number of methoxy groups -OCH3 is 1. The maximum atomic E-state index is 13.0. The van der Waals surface area contributed by atoms with Crippen molar-refractivity contribution in [2.45, 2.75) is 6.92 Å². The van der Waals surface area contributed by atoms with Crippen molar-refractivity contribution in [3.63, 3.8) is 0 Å². The van der Waals surface area contributed by atoms with E-state index in [1.807, 2.05) is 42.6 Å². The molecule has 0 amide bonds.